The minimum absolute atomic E-state index is 0.218. The number of aliphatic hydroxyl groups is 1. The maximum Gasteiger partial charge on any atom is 0.0791 e. The van der Waals surface area contributed by atoms with E-state index in [0.29, 0.717) is 0 Å². The number of nitrogens with one attached hydrogen (secondary N) is 1. The fraction of sp³-hybridized carbons (Fsp3) is 1.00. The first kappa shape index (κ1) is 15.2. The molecule has 0 bridgehead atoms. The van der Waals surface area contributed by atoms with E-state index in [2.05, 4.69) is 29.1 Å². The van der Waals surface area contributed by atoms with Crippen molar-refractivity contribution in [3.63, 3.8) is 0 Å². The lowest BCUT2D eigenvalue weighted by Crippen LogP contribution is -2.54. The third kappa shape index (κ3) is 4.42. The van der Waals surface area contributed by atoms with E-state index in [1.54, 1.807) is 0 Å². The van der Waals surface area contributed by atoms with Gasteiger partial charge in [0.25, 0.3) is 0 Å². The standard InChI is InChI=1S/C15H31N3O/c1-3-7-16-10-14(19)12-18-9-6-15-13(11-18)5-4-8-17(15)2/h13-16,19H,3-12H2,1-2H3. The molecule has 4 heteroatoms. The molecule has 2 heterocycles. The summed E-state index contributed by atoms with van der Waals surface area (Å²) >= 11 is 0. The number of β-amino-alcohol motifs (C(OH)–C–C–N with tert-alkyl or cyclic N) is 1. The summed E-state index contributed by atoms with van der Waals surface area (Å²) in [7, 11) is 2.27. The zero-order valence-electron chi connectivity index (χ0n) is 12.6. The van der Waals surface area contributed by atoms with Gasteiger partial charge >= 0.3 is 0 Å². The SMILES string of the molecule is CCCNCC(O)CN1CCC2C(CCCN2C)C1. The monoisotopic (exact) mass is 269 g/mol. The Morgan fingerprint density at radius 3 is 2.95 bits per heavy atom. The molecule has 3 unspecified atom stereocenters. The Morgan fingerprint density at radius 1 is 1.32 bits per heavy atom. The van der Waals surface area contributed by atoms with E-state index in [9.17, 15) is 5.11 Å². The Balaban J connectivity index is 1.71. The molecule has 0 saturated carbocycles. The summed E-state index contributed by atoms with van der Waals surface area (Å²) in [6.07, 6.45) is 4.90. The Hall–Kier alpha value is -0.160. The van der Waals surface area contributed by atoms with Crippen molar-refractivity contribution in [2.24, 2.45) is 5.92 Å². The van der Waals surface area contributed by atoms with Crippen molar-refractivity contribution in [3.05, 3.63) is 0 Å². The van der Waals surface area contributed by atoms with Crippen LogP contribution in [0.15, 0.2) is 0 Å². The summed E-state index contributed by atoms with van der Waals surface area (Å²) in [4.78, 5) is 5.02. The van der Waals surface area contributed by atoms with Gasteiger partial charge in [-0.15, -0.1) is 0 Å². The largest absolute Gasteiger partial charge is 0.390 e. The van der Waals surface area contributed by atoms with Crippen LogP contribution in [-0.4, -0.2) is 73.4 Å². The van der Waals surface area contributed by atoms with Gasteiger partial charge in [0.15, 0.2) is 0 Å². The summed E-state index contributed by atoms with van der Waals surface area (Å²) in [5, 5.41) is 13.4. The molecule has 2 fully saturated rings. The van der Waals surface area contributed by atoms with Gasteiger partial charge in [-0.1, -0.05) is 6.92 Å². The van der Waals surface area contributed by atoms with Crippen LogP contribution in [0.3, 0.4) is 0 Å². The molecule has 0 amide bonds. The summed E-state index contributed by atoms with van der Waals surface area (Å²) in [6.45, 7) is 8.33. The van der Waals surface area contributed by atoms with Gasteiger partial charge in [0, 0.05) is 25.7 Å². The number of nitrogens with zero attached hydrogens (tertiary/aromatic N) is 2. The fourth-order valence-corrected chi connectivity index (χ4v) is 3.70. The van der Waals surface area contributed by atoms with Crippen molar-refractivity contribution >= 4 is 0 Å². The van der Waals surface area contributed by atoms with Crippen LogP contribution in [0.2, 0.25) is 0 Å². The maximum absolute atomic E-state index is 10.1. The summed E-state index contributed by atoms with van der Waals surface area (Å²) in [5.41, 5.74) is 0. The van der Waals surface area contributed by atoms with Gasteiger partial charge in [-0.3, -0.25) is 0 Å². The van der Waals surface area contributed by atoms with Crippen LogP contribution >= 0.6 is 0 Å². The lowest BCUT2D eigenvalue weighted by atomic mass is 9.84. The highest BCUT2D eigenvalue weighted by molar-refractivity contribution is 4.89. The minimum atomic E-state index is -0.218. The average molecular weight is 269 g/mol. The van der Waals surface area contributed by atoms with Crippen LogP contribution in [0.5, 0.6) is 0 Å². The van der Waals surface area contributed by atoms with E-state index < -0.39 is 0 Å². The van der Waals surface area contributed by atoms with E-state index in [1.807, 2.05) is 0 Å². The summed E-state index contributed by atoms with van der Waals surface area (Å²) in [5.74, 6) is 0.823. The summed E-state index contributed by atoms with van der Waals surface area (Å²) in [6, 6.07) is 0.792. The van der Waals surface area contributed by atoms with Gasteiger partial charge in [0.05, 0.1) is 6.10 Å². The minimum Gasteiger partial charge on any atom is -0.390 e. The maximum atomic E-state index is 10.1. The van der Waals surface area contributed by atoms with Crippen molar-refractivity contribution < 1.29 is 5.11 Å². The van der Waals surface area contributed by atoms with Gasteiger partial charge in [-0.25, -0.2) is 0 Å². The van der Waals surface area contributed by atoms with E-state index in [1.165, 1.54) is 32.4 Å². The van der Waals surface area contributed by atoms with E-state index in [-0.39, 0.29) is 6.10 Å². The van der Waals surface area contributed by atoms with Crippen molar-refractivity contribution in [1.29, 1.82) is 0 Å². The smallest absolute Gasteiger partial charge is 0.0791 e. The molecule has 2 N–H and O–H groups in total. The van der Waals surface area contributed by atoms with Gasteiger partial charge < -0.3 is 20.2 Å². The number of piperidine rings is 2. The Morgan fingerprint density at radius 2 is 2.16 bits per heavy atom. The van der Waals surface area contributed by atoms with Crippen molar-refractivity contribution in [2.75, 3.05) is 46.3 Å². The molecule has 19 heavy (non-hydrogen) atoms. The predicted octanol–water partition coefficient (Wildman–Crippen LogP) is 0.763. The highest BCUT2D eigenvalue weighted by Gasteiger charge is 2.34. The van der Waals surface area contributed by atoms with Crippen LogP contribution in [-0.2, 0) is 0 Å². The first-order valence-corrected chi connectivity index (χ1v) is 8.02. The van der Waals surface area contributed by atoms with Gasteiger partial charge in [-0.2, -0.15) is 0 Å². The molecule has 0 aromatic rings. The highest BCUT2D eigenvalue weighted by atomic mass is 16.3. The zero-order chi connectivity index (χ0) is 13.7. The molecule has 0 radical (unpaired) electrons. The van der Waals surface area contributed by atoms with Crippen LogP contribution in [0, 0.1) is 5.92 Å². The predicted molar refractivity (Wildman–Crippen MR) is 79.4 cm³/mol. The Bertz CT molecular complexity index is 262. The molecular formula is C15H31N3O. The molecule has 2 aliphatic rings. The third-order valence-electron chi connectivity index (χ3n) is 4.71. The molecule has 2 rings (SSSR count). The number of hydrogen-bond donors (Lipinski definition) is 2. The average Bonchev–Trinajstić information content (AvgIpc) is 2.39. The first-order valence-electron chi connectivity index (χ1n) is 8.02. The van der Waals surface area contributed by atoms with Crippen LogP contribution in [0.1, 0.15) is 32.6 Å². The van der Waals surface area contributed by atoms with Crippen molar-refractivity contribution in [1.82, 2.24) is 15.1 Å². The van der Waals surface area contributed by atoms with Crippen LogP contribution < -0.4 is 5.32 Å². The molecule has 2 saturated heterocycles. The topological polar surface area (TPSA) is 38.7 Å². The quantitative estimate of drug-likeness (QED) is 0.699. The van der Waals surface area contributed by atoms with Gasteiger partial charge in [-0.05, 0) is 58.3 Å². The third-order valence-corrected chi connectivity index (χ3v) is 4.71. The zero-order valence-corrected chi connectivity index (χ0v) is 12.6. The number of aliphatic hydroxyl groups excluding tert-OH is 1. The Kier molecular flexibility index (Phi) is 6.07. The van der Waals surface area contributed by atoms with Gasteiger partial charge in [0.2, 0.25) is 0 Å². The molecule has 112 valence electrons. The summed E-state index contributed by atoms with van der Waals surface area (Å²) < 4.78 is 0. The van der Waals surface area contributed by atoms with Crippen molar-refractivity contribution in [2.45, 2.75) is 44.8 Å². The second-order valence-corrected chi connectivity index (χ2v) is 6.36. The normalized spacial score (nSPS) is 31.1. The number of likely N-dealkylation sites (tertiary alicyclic amines) is 2. The number of hydrogen-bond acceptors (Lipinski definition) is 4. The van der Waals surface area contributed by atoms with Crippen molar-refractivity contribution in [3.8, 4) is 0 Å². The lowest BCUT2D eigenvalue weighted by molar-refractivity contribution is 0.0180. The van der Waals surface area contributed by atoms with E-state index in [4.69, 9.17) is 0 Å². The molecule has 4 nitrogen and oxygen atoms in total. The first-order chi connectivity index (χ1) is 9.20. The van der Waals surface area contributed by atoms with Gasteiger partial charge in [0.1, 0.15) is 0 Å². The molecule has 0 spiro atoms. The molecule has 3 atom stereocenters. The number of fused-ring (bicyclic) bond motifs is 1. The highest BCUT2D eigenvalue weighted by Crippen LogP contribution is 2.29. The van der Waals surface area contributed by atoms with Crippen LogP contribution in [0.4, 0.5) is 0 Å². The lowest BCUT2D eigenvalue weighted by Gasteiger charge is -2.46. The Labute approximate surface area is 118 Å². The van der Waals surface area contributed by atoms with Crippen LogP contribution in [0.25, 0.3) is 0 Å². The van der Waals surface area contributed by atoms with E-state index in [0.717, 1.165) is 44.6 Å². The second kappa shape index (κ2) is 7.58. The molecule has 0 aromatic heterocycles. The second-order valence-electron chi connectivity index (χ2n) is 6.36. The number of rotatable bonds is 6. The van der Waals surface area contributed by atoms with E-state index >= 15 is 0 Å². The molecular weight excluding hydrogens is 238 g/mol. The molecule has 0 aliphatic carbocycles. The molecule has 0 aromatic carbocycles. The molecule has 2 aliphatic heterocycles. The fourth-order valence-electron chi connectivity index (χ4n) is 3.70.